The standard InChI is InChI=1S/C13H26N2O2/c1-9(13(2,3)4)15(5)8-11(12(16)17)14-10-6-7-10/h9-11,14H,6-8H2,1-5H3,(H,16,17). The zero-order valence-electron chi connectivity index (χ0n) is 11.7. The average Bonchev–Trinajstić information content (AvgIpc) is 2.97. The van der Waals surface area contributed by atoms with Gasteiger partial charge in [0.25, 0.3) is 0 Å². The van der Waals surface area contributed by atoms with E-state index in [0.717, 1.165) is 12.8 Å². The molecule has 4 heteroatoms. The van der Waals surface area contributed by atoms with E-state index in [2.05, 4.69) is 37.9 Å². The van der Waals surface area contributed by atoms with Crippen molar-refractivity contribution in [2.45, 2.75) is 58.7 Å². The monoisotopic (exact) mass is 242 g/mol. The SMILES string of the molecule is CC(N(C)CC(NC1CC1)C(=O)O)C(C)(C)C. The molecule has 4 nitrogen and oxygen atoms in total. The fraction of sp³-hybridized carbons (Fsp3) is 0.923. The van der Waals surface area contributed by atoms with Crippen LogP contribution in [0, 0.1) is 5.41 Å². The predicted molar refractivity (Wildman–Crippen MR) is 69.1 cm³/mol. The van der Waals surface area contributed by atoms with E-state index in [1.807, 2.05) is 7.05 Å². The third kappa shape index (κ3) is 4.64. The van der Waals surface area contributed by atoms with Crippen LogP contribution in [0.2, 0.25) is 0 Å². The summed E-state index contributed by atoms with van der Waals surface area (Å²) in [6.45, 7) is 9.25. The van der Waals surface area contributed by atoms with Gasteiger partial charge in [-0.25, -0.2) is 0 Å². The Hall–Kier alpha value is -0.610. The zero-order valence-corrected chi connectivity index (χ0v) is 11.7. The van der Waals surface area contributed by atoms with Crippen molar-refractivity contribution in [3.8, 4) is 0 Å². The lowest BCUT2D eigenvalue weighted by molar-refractivity contribution is -0.140. The molecule has 0 aromatic heterocycles. The number of rotatable bonds is 6. The summed E-state index contributed by atoms with van der Waals surface area (Å²) < 4.78 is 0. The minimum Gasteiger partial charge on any atom is -0.480 e. The van der Waals surface area contributed by atoms with Crippen LogP contribution in [0.1, 0.15) is 40.5 Å². The number of carbonyl (C=O) groups is 1. The predicted octanol–water partition coefficient (Wildman–Crippen LogP) is 1.56. The fourth-order valence-electron chi connectivity index (χ4n) is 1.84. The van der Waals surface area contributed by atoms with Gasteiger partial charge >= 0.3 is 5.97 Å². The Morgan fingerprint density at radius 3 is 2.35 bits per heavy atom. The summed E-state index contributed by atoms with van der Waals surface area (Å²) >= 11 is 0. The van der Waals surface area contributed by atoms with E-state index in [9.17, 15) is 9.90 Å². The third-order valence-electron chi connectivity index (χ3n) is 3.70. The molecule has 0 aromatic carbocycles. The Kier molecular flexibility index (Phi) is 4.55. The van der Waals surface area contributed by atoms with Crippen molar-refractivity contribution in [2.75, 3.05) is 13.6 Å². The first-order valence-electron chi connectivity index (χ1n) is 6.41. The van der Waals surface area contributed by atoms with Crippen LogP contribution >= 0.6 is 0 Å². The lowest BCUT2D eigenvalue weighted by atomic mass is 9.87. The van der Waals surface area contributed by atoms with E-state index in [1.54, 1.807) is 0 Å². The van der Waals surface area contributed by atoms with Crippen LogP contribution in [0.4, 0.5) is 0 Å². The van der Waals surface area contributed by atoms with Gasteiger partial charge in [-0.1, -0.05) is 20.8 Å². The molecule has 17 heavy (non-hydrogen) atoms. The van der Waals surface area contributed by atoms with Crippen molar-refractivity contribution in [3.63, 3.8) is 0 Å². The number of carboxylic acids is 1. The molecule has 100 valence electrons. The van der Waals surface area contributed by atoms with Gasteiger partial charge in [0, 0.05) is 18.6 Å². The summed E-state index contributed by atoms with van der Waals surface area (Å²) in [5.74, 6) is -0.746. The lowest BCUT2D eigenvalue weighted by Gasteiger charge is -2.36. The van der Waals surface area contributed by atoms with Crippen LogP contribution in [0.5, 0.6) is 0 Å². The molecule has 0 bridgehead atoms. The zero-order chi connectivity index (χ0) is 13.2. The molecular formula is C13H26N2O2. The number of aliphatic carboxylic acids is 1. The quantitative estimate of drug-likeness (QED) is 0.742. The number of hydrogen-bond acceptors (Lipinski definition) is 3. The van der Waals surface area contributed by atoms with Crippen molar-refractivity contribution >= 4 is 5.97 Å². The number of nitrogens with zero attached hydrogens (tertiary/aromatic N) is 1. The summed E-state index contributed by atoms with van der Waals surface area (Å²) in [7, 11) is 2.00. The molecule has 1 fully saturated rings. The summed E-state index contributed by atoms with van der Waals surface area (Å²) in [4.78, 5) is 13.3. The van der Waals surface area contributed by atoms with Crippen LogP contribution in [0.3, 0.4) is 0 Å². The normalized spacial score (nSPS) is 20.4. The van der Waals surface area contributed by atoms with Crippen molar-refractivity contribution in [2.24, 2.45) is 5.41 Å². The molecule has 0 heterocycles. The Labute approximate surface area is 104 Å². The van der Waals surface area contributed by atoms with Crippen LogP contribution in [0.15, 0.2) is 0 Å². The molecule has 1 aliphatic carbocycles. The van der Waals surface area contributed by atoms with Gasteiger partial charge < -0.3 is 15.3 Å². The second-order valence-electron chi connectivity index (χ2n) is 6.31. The smallest absolute Gasteiger partial charge is 0.322 e. The van der Waals surface area contributed by atoms with E-state index in [0.29, 0.717) is 18.6 Å². The minimum absolute atomic E-state index is 0.164. The molecular weight excluding hydrogens is 216 g/mol. The summed E-state index contributed by atoms with van der Waals surface area (Å²) in [5.41, 5.74) is 0.164. The third-order valence-corrected chi connectivity index (χ3v) is 3.70. The molecule has 2 N–H and O–H groups in total. The van der Waals surface area contributed by atoms with Gasteiger partial charge in [-0.2, -0.15) is 0 Å². The second kappa shape index (κ2) is 5.36. The van der Waals surface area contributed by atoms with E-state index in [4.69, 9.17) is 0 Å². The second-order valence-corrected chi connectivity index (χ2v) is 6.31. The van der Waals surface area contributed by atoms with Crippen LogP contribution in [-0.2, 0) is 4.79 Å². The Morgan fingerprint density at radius 2 is 2.00 bits per heavy atom. The molecule has 0 aromatic rings. The highest BCUT2D eigenvalue weighted by Crippen LogP contribution is 2.24. The molecule has 2 unspecified atom stereocenters. The van der Waals surface area contributed by atoms with E-state index in [1.165, 1.54) is 0 Å². The molecule has 0 radical (unpaired) electrons. The highest BCUT2D eigenvalue weighted by Gasteiger charge is 2.31. The number of nitrogens with one attached hydrogen (secondary N) is 1. The number of likely N-dealkylation sites (N-methyl/N-ethyl adjacent to an activating group) is 1. The molecule has 1 aliphatic rings. The van der Waals surface area contributed by atoms with E-state index < -0.39 is 12.0 Å². The maximum atomic E-state index is 11.2. The molecule has 1 saturated carbocycles. The molecule has 1 rings (SSSR count). The highest BCUT2D eigenvalue weighted by molar-refractivity contribution is 5.73. The number of hydrogen-bond donors (Lipinski definition) is 2. The van der Waals surface area contributed by atoms with Gasteiger partial charge in [0.05, 0.1) is 0 Å². The van der Waals surface area contributed by atoms with Gasteiger partial charge in [0.2, 0.25) is 0 Å². The maximum Gasteiger partial charge on any atom is 0.322 e. The molecule has 0 spiro atoms. The summed E-state index contributed by atoms with van der Waals surface area (Å²) in [6, 6.07) is 0.331. The van der Waals surface area contributed by atoms with E-state index >= 15 is 0 Å². The Morgan fingerprint density at radius 1 is 1.47 bits per heavy atom. The number of carboxylic acid groups (broad SMARTS) is 1. The minimum atomic E-state index is -0.746. The van der Waals surface area contributed by atoms with Gasteiger partial charge in [0.1, 0.15) is 6.04 Å². The van der Waals surface area contributed by atoms with Crippen LogP contribution in [0.25, 0.3) is 0 Å². The Balaban J connectivity index is 2.50. The largest absolute Gasteiger partial charge is 0.480 e. The average molecular weight is 242 g/mol. The molecule has 2 atom stereocenters. The van der Waals surface area contributed by atoms with Gasteiger partial charge in [-0.3, -0.25) is 4.79 Å². The molecule has 0 aliphatic heterocycles. The summed E-state index contributed by atoms with van der Waals surface area (Å²) in [6.07, 6.45) is 2.23. The van der Waals surface area contributed by atoms with Crippen molar-refractivity contribution in [1.29, 1.82) is 0 Å². The van der Waals surface area contributed by atoms with Crippen LogP contribution < -0.4 is 5.32 Å². The lowest BCUT2D eigenvalue weighted by Crippen LogP contribution is -2.50. The summed E-state index contributed by atoms with van der Waals surface area (Å²) in [5, 5.41) is 12.4. The topological polar surface area (TPSA) is 52.6 Å². The van der Waals surface area contributed by atoms with Gasteiger partial charge in [-0.15, -0.1) is 0 Å². The first-order chi connectivity index (χ1) is 7.71. The molecule has 0 amide bonds. The van der Waals surface area contributed by atoms with Crippen LogP contribution in [-0.4, -0.2) is 47.7 Å². The maximum absolute atomic E-state index is 11.2. The Bertz CT molecular complexity index is 269. The van der Waals surface area contributed by atoms with Crippen molar-refractivity contribution < 1.29 is 9.90 Å². The van der Waals surface area contributed by atoms with E-state index in [-0.39, 0.29) is 5.41 Å². The highest BCUT2D eigenvalue weighted by atomic mass is 16.4. The van der Waals surface area contributed by atoms with Gasteiger partial charge in [-0.05, 0) is 32.2 Å². The first kappa shape index (κ1) is 14.5. The molecule has 0 saturated heterocycles. The first-order valence-corrected chi connectivity index (χ1v) is 6.41. The van der Waals surface area contributed by atoms with Crippen molar-refractivity contribution in [1.82, 2.24) is 10.2 Å². The van der Waals surface area contributed by atoms with Gasteiger partial charge in [0.15, 0.2) is 0 Å². The fourth-order valence-corrected chi connectivity index (χ4v) is 1.84. The van der Waals surface area contributed by atoms with Crippen molar-refractivity contribution in [3.05, 3.63) is 0 Å².